The van der Waals surface area contributed by atoms with Crippen molar-refractivity contribution in [3.05, 3.63) is 51.1 Å². The lowest BCUT2D eigenvalue weighted by atomic mass is 9.95. The van der Waals surface area contributed by atoms with Crippen LogP contribution in [0.4, 0.5) is 0 Å². The lowest BCUT2D eigenvalue weighted by Crippen LogP contribution is -2.39. The number of hydrogen-bond acceptors (Lipinski definition) is 5. The Bertz CT molecular complexity index is 1190. The first-order valence-electron chi connectivity index (χ1n) is 13.2. The van der Waals surface area contributed by atoms with E-state index in [1.54, 1.807) is 0 Å². The lowest BCUT2D eigenvalue weighted by Gasteiger charge is -2.36. The number of aryl methyl sites for hydroxylation is 2. The van der Waals surface area contributed by atoms with Crippen molar-refractivity contribution in [1.29, 1.82) is 0 Å². The number of tetrazole rings is 1. The third kappa shape index (κ3) is 4.54. The highest BCUT2D eigenvalue weighted by Gasteiger charge is 2.34. The zero-order valence-electron chi connectivity index (χ0n) is 20.9. The van der Waals surface area contributed by atoms with Crippen LogP contribution in [-0.2, 0) is 6.54 Å². The maximum absolute atomic E-state index is 13.2. The first-order valence-corrected chi connectivity index (χ1v) is 13.2. The number of aromatic amines is 1. The molecule has 7 nitrogen and oxygen atoms in total. The topological polar surface area (TPSA) is 79.7 Å². The SMILES string of the molecule is CC[C@H](c1nnnn1C1CCCCC1)N(Cc1cc2c(C)cc(C)cc2[nH]c1=O)C1CCCC1. The molecule has 5 rings (SSSR count). The van der Waals surface area contributed by atoms with Crippen molar-refractivity contribution in [1.82, 2.24) is 30.1 Å². The van der Waals surface area contributed by atoms with E-state index in [9.17, 15) is 4.79 Å². The number of rotatable bonds is 7. The van der Waals surface area contributed by atoms with Gasteiger partial charge in [-0.3, -0.25) is 9.69 Å². The molecule has 3 aromatic rings. The van der Waals surface area contributed by atoms with Crippen molar-refractivity contribution in [3.8, 4) is 0 Å². The summed E-state index contributed by atoms with van der Waals surface area (Å²) in [7, 11) is 0. The predicted octanol–water partition coefficient (Wildman–Crippen LogP) is 5.53. The van der Waals surface area contributed by atoms with E-state index in [-0.39, 0.29) is 11.6 Å². The minimum atomic E-state index is 0.0159. The molecule has 182 valence electrons. The smallest absolute Gasteiger partial charge is 0.252 e. The Labute approximate surface area is 201 Å². The molecule has 0 spiro atoms. The molecule has 0 radical (unpaired) electrons. The average molecular weight is 463 g/mol. The van der Waals surface area contributed by atoms with Gasteiger partial charge in [0.15, 0.2) is 5.82 Å². The van der Waals surface area contributed by atoms with Gasteiger partial charge in [0.2, 0.25) is 0 Å². The number of pyridine rings is 1. The molecule has 2 aromatic heterocycles. The van der Waals surface area contributed by atoms with Crippen LogP contribution < -0.4 is 5.56 Å². The Morgan fingerprint density at radius 3 is 2.53 bits per heavy atom. The highest BCUT2D eigenvalue weighted by Crippen LogP contribution is 2.36. The van der Waals surface area contributed by atoms with Gasteiger partial charge < -0.3 is 4.98 Å². The molecular formula is C27H38N6O. The van der Waals surface area contributed by atoms with Gasteiger partial charge >= 0.3 is 0 Å². The minimum Gasteiger partial charge on any atom is -0.322 e. The van der Waals surface area contributed by atoms with Gasteiger partial charge in [-0.1, -0.05) is 45.1 Å². The van der Waals surface area contributed by atoms with Gasteiger partial charge in [-0.15, -0.1) is 5.10 Å². The van der Waals surface area contributed by atoms with Gasteiger partial charge in [-0.2, -0.15) is 0 Å². The molecule has 34 heavy (non-hydrogen) atoms. The average Bonchev–Trinajstić information content (AvgIpc) is 3.53. The van der Waals surface area contributed by atoms with E-state index in [0.29, 0.717) is 18.6 Å². The van der Waals surface area contributed by atoms with Gasteiger partial charge in [-0.25, -0.2) is 4.68 Å². The predicted molar refractivity (Wildman–Crippen MR) is 135 cm³/mol. The molecule has 7 heteroatoms. The first kappa shape index (κ1) is 23.2. The normalized spacial score (nSPS) is 18.8. The summed E-state index contributed by atoms with van der Waals surface area (Å²) in [5.74, 6) is 0.977. The van der Waals surface area contributed by atoms with E-state index in [0.717, 1.165) is 41.6 Å². The third-order valence-corrected chi connectivity index (χ3v) is 8.06. The van der Waals surface area contributed by atoms with E-state index in [2.05, 4.69) is 69.1 Å². The summed E-state index contributed by atoms with van der Waals surface area (Å²) in [5, 5.41) is 14.3. The highest BCUT2D eigenvalue weighted by molar-refractivity contribution is 5.83. The number of benzene rings is 1. The summed E-state index contributed by atoms with van der Waals surface area (Å²) in [5.41, 5.74) is 4.14. The summed E-state index contributed by atoms with van der Waals surface area (Å²) >= 11 is 0. The molecule has 0 amide bonds. The molecule has 0 saturated heterocycles. The van der Waals surface area contributed by atoms with E-state index >= 15 is 0 Å². The second-order valence-electron chi connectivity index (χ2n) is 10.5. The molecule has 0 unspecified atom stereocenters. The molecule has 1 atom stereocenters. The van der Waals surface area contributed by atoms with Crippen LogP contribution >= 0.6 is 0 Å². The van der Waals surface area contributed by atoms with E-state index < -0.39 is 0 Å². The van der Waals surface area contributed by atoms with Crippen molar-refractivity contribution in [3.63, 3.8) is 0 Å². The number of H-pyrrole nitrogens is 1. The maximum Gasteiger partial charge on any atom is 0.252 e. The number of nitrogens with one attached hydrogen (secondary N) is 1. The molecule has 1 N–H and O–H groups in total. The van der Waals surface area contributed by atoms with Crippen LogP contribution in [0.25, 0.3) is 10.9 Å². The fraction of sp³-hybridized carbons (Fsp3) is 0.630. The summed E-state index contributed by atoms with van der Waals surface area (Å²) in [6.45, 7) is 7.05. The zero-order valence-corrected chi connectivity index (χ0v) is 20.9. The maximum atomic E-state index is 13.2. The zero-order chi connectivity index (χ0) is 23.7. The number of hydrogen-bond donors (Lipinski definition) is 1. The number of nitrogens with zero attached hydrogens (tertiary/aromatic N) is 5. The second kappa shape index (κ2) is 9.98. The van der Waals surface area contributed by atoms with Crippen molar-refractivity contribution >= 4 is 10.9 Å². The second-order valence-corrected chi connectivity index (χ2v) is 10.5. The van der Waals surface area contributed by atoms with Crippen molar-refractivity contribution in [2.24, 2.45) is 0 Å². The molecular weight excluding hydrogens is 424 g/mol. The third-order valence-electron chi connectivity index (χ3n) is 8.06. The van der Waals surface area contributed by atoms with Gasteiger partial charge in [-0.05, 0) is 79.6 Å². The number of fused-ring (bicyclic) bond motifs is 1. The fourth-order valence-electron chi connectivity index (χ4n) is 6.33. The Balaban J connectivity index is 1.52. The Morgan fingerprint density at radius 1 is 1.06 bits per heavy atom. The molecule has 2 aliphatic rings. The van der Waals surface area contributed by atoms with Gasteiger partial charge in [0.25, 0.3) is 5.56 Å². The quantitative estimate of drug-likeness (QED) is 0.499. The number of aromatic nitrogens is 5. The van der Waals surface area contributed by atoms with Gasteiger partial charge in [0, 0.05) is 29.1 Å². The lowest BCUT2D eigenvalue weighted by molar-refractivity contribution is 0.109. The van der Waals surface area contributed by atoms with Crippen LogP contribution in [0.3, 0.4) is 0 Å². The molecule has 2 saturated carbocycles. The largest absolute Gasteiger partial charge is 0.322 e. The summed E-state index contributed by atoms with van der Waals surface area (Å²) < 4.78 is 2.12. The van der Waals surface area contributed by atoms with E-state index in [1.165, 1.54) is 56.1 Å². The van der Waals surface area contributed by atoms with Crippen LogP contribution in [0.5, 0.6) is 0 Å². The molecule has 2 aliphatic carbocycles. The summed E-state index contributed by atoms with van der Waals surface area (Å²) in [4.78, 5) is 18.9. The van der Waals surface area contributed by atoms with Crippen LogP contribution in [-0.4, -0.2) is 36.1 Å². The van der Waals surface area contributed by atoms with Crippen molar-refractivity contribution in [2.75, 3.05) is 0 Å². The Kier molecular flexibility index (Phi) is 6.82. The van der Waals surface area contributed by atoms with Crippen molar-refractivity contribution < 1.29 is 0 Å². The fourth-order valence-corrected chi connectivity index (χ4v) is 6.33. The molecule has 2 fully saturated rings. The molecule has 0 bridgehead atoms. The Morgan fingerprint density at radius 2 is 1.79 bits per heavy atom. The van der Waals surface area contributed by atoms with Gasteiger partial charge in [0.1, 0.15) is 0 Å². The highest BCUT2D eigenvalue weighted by atomic mass is 16.1. The minimum absolute atomic E-state index is 0.0159. The van der Waals surface area contributed by atoms with Crippen molar-refractivity contribution in [2.45, 2.75) is 110 Å². The monoisotopic (exact) mass is 462 g/mol. The Hall–Kier alpha value is -2.54. The summed E-state index contributed by atoms with van der Waals surface area (Å²) in [6.07, 6.45) is 11.9. The standard InChI is InChI=1S/C27H38N6O/c1-4-25(26-29-30-31-33(26)22-12-6-5-7-13-22)32(21-10-8-9-11-21)17-20-16-23-19(3)14-18(2)15-24(23)28-27(20)34/h14-16,21-22,25H,4-13,17H2,1-3H3,(H,28,34)/t25-/m1/s1. The van der Waals surface area contributed by atoms with Crippen LogP contribution in [0.15, 0.2) is 23.0 Å². The first-order chi connectivity index (χ1) is 16.5. The molecule has 2 heterocycles. The van der Waals surface area contributed by atoms with Crippen LogP contribution in [0.2, 0.25) is 0 Å². The van der Waals surface area contributed by atoms with Crippen LogP contribution in [0, 0.1) is 13.8 Å². The van der Waals surface area contributed by atoms with E-state index in [1.807, 2.05) is 0 Å². The summed E-state index contributed by atoms with van der Waals surface area (Å²) in [6, 6.07) is 7.32. The molecule has 1 aromatic carbocycles. The van der Waals surface area contributed by atoms with Crippen LogP contribution in [0.1, 0.15) is 106 Å². The molecule has 0 aliphatic heterocycles. The van der Waals surface area contributed by atoms with Gasteiger partial charge in [0.05, 0.1) is 12.1 Å². The van der Waals surface area contributed by atoms with E-state index in [4.69, 9.17) is 0 Å².